The highest BCUT2D eigenvalue weighted by atomic mass is 35.5. The van der Waals surface area contributed by atoms with Gasteiger partial charge in [0.15, 0.2) is 5.78 Å². The first kappa shape index (κ1) is 18.2. The summed E-state index contributed by atoms with van der Waals surface area (Å²) in [5, 5.41) is 0.629. The molecule has 4 heteroatoms. The number of rotatable bonds is 7. The number of benzene rings is 2. The Labute approximate surface area is 149 Å². The summed E-state index contributed by atoms with van der Waals surface area (Å²) in [6.07, 6.45) is 3.45. The van der Waals surface area contributed by atoms with Crippen molar-refractivity contribution < 1.29 is 4.79 Å². The highest BCUT2D eigenvalue weighted by molar-refractivity contribution is 6.30. The van der Waals surface area contributed by atoms with E-state index in [9.17, 15) is 4.79 Å². The fourth-order valence-corrected chi connectivity index (χ4v) is 2.35. The van der Waals surface area contributed by atoms with Crippen LogP contribution in [0.15, 0.2) is 54.6 Å². The predicted molar refractivity (Wildman–Crippen MR) is 103 cm³/mol. The van der Waals surface area contributed by atoms with Gasteiger partial charge < -0.3 is 9.80 Å². The Bertz CT molecular complexity index is 708. The number of likely N-dealkylation sites (N-methyl/N-ethyl adjacent to an activating group) is 2. The van der Waals surface area contributed by atoms with Gasteiger partial charge in [0, 0.05) is 36.4 Å². The van der Waals surface area contributed by atoms with Gasteiger partial charge in [0.2, 0.25) is 0 Å². The minimum Gasteiger partial charge on any atom is -0.373 e. The van der Waals surface area contributed by atoms with Gasteiger partial charge in [-0.15, -0.1) is 0 Å². The maximum atomic E-state index is 12.2. The Morgan fingerprint density at radius 1 is 1.04 bits per heavy atom. The quantitative estimate of drug-likeness (QED) is 0.555. The summed E-state index contributed by atoms with van der Waals surface area (Å²) in [6.45, 7) is 1.94. The molecule has 0 bridgehead atoms. The molecule has 0 aromatic heterocycles. The summed E-state index contributed by atoms with van der Waals surface area (Å²) in [5.74, 6) is -0.0296. The van der Waals surface area contributed by atoms with Crippen molar-refractivity contribution in [2.24, 2.45) is 0 Å². The lowest BCUT2D eigenvalue weighted by molar-refractivity contribution is 0.104. The van der Waals surface area contributed by atoms with Crippen LogP contribution in [-0.4, -0.2) is 44.9 Å². The third-order valence-corrected chi connectivity index (χ3v) is 4.00. The molecular formula is C20H23ClN2O. The molecule has 0 saturated carbocycles. The van der Waals surface area contributed by atoms with Crippen LogP contribution in [0.25, 0.3) is 6.08 Å². The highest BCUT2D eigenvalue weighted by Gasteiger charge is 2.03. The molecule has 0 spiro atoms. The second-order valence-corrected chi connectivity index (χ2v) is 6.46. The third kappa shape index (κ3) is 5.52. The first-order chi connectivity index (χ1) is 11.5. The highest BCUT2D eigenvalue weighted by Crippen LogP contribution is 2.16. The maximum Gasteiger partial charge on any atom is 0.185 e. The van der Waals surface area contributed by atoms with Gasteiger partial charge in [-0.2, -0.15) is 0 Å². The van der Waals surface area contributed by atoms with E-state index in [-0.39, 0.29) is 5.78 Å². The Morgan fingerprint density at radius 3 is 2.42 bits per heavy atom. The molecule has 0 fully saturated rings. The number of ketones is 1. The van der Waals surface area contributed by atoms with Crippen molar-refractivity contribution >= 4 is 29.1 Å². The molecule has 0 heterocycles. The lowest BCUT2D eigenvalue weighted by Gasteiger charge is -2.21. The van der Waals surface area contributed by atoms with Crippen LogP contribution in [0.2, 0.25) is 5.02 Å². The molecule has 0 saturated heterocycles. The van der Waals surface area contributed by atoms with Crippen molar-refractivity contribution in [3.63, 3.8) is 0 Å². The van der Waals surface area contributed by atoms with Gasteiger partial charge in [-0.3, -0.25) is 4.79 Å². The Balaban J connectivity index is 2.05. The summed E-state index contributed by atoms with van der Waals surface area (Å²) in [7, 11) is 6.20. The molecule has 3 nitrogen and oxygen atoms in total. The molecule has 0 unspecified atom stereocenters. The number of allylic oxidation sites excluding steroid dienone is 1. The van der Waals surface area contributed by atoms with Crippen molar-refractivity contribution in [3.8, 4) is 0 Å². The van der Waals surface area contributed by atoms with E-state index in [1.807, 2.05) is 18.2 Å². The first-order valence-electron chi connectivity index (χ1n) is 7.89. The van der Waals surface area contributed by atoms with Crippen molar-refractivity contribution in [1.29, 1.82) is 0 Å². The van der Waals surface area contributed by atoms with E-state index >= 15 is 0 Å². The molecule has 2 aromatic carbocycles. The smallest absolute Gasteiger partial charge is 0.185 e. The van der Waals surface area contributed by atoms with Gasteiger partial charge in [0.1, 0.15) is 0 Å². The van der Waals surface area contributed by atoms with E-state index in [1.54, 1.807) is 30.3 Å². The van der Waals surface area contributed by atoms with Gasteiger partial charge in [-0.25, -0.2) is 0 Å². The van der Waals surface area contributed by atoms with E-state index in [0.717, 1.165) is 24.3 Å². The van der Waals surface area contributed by atoms with Gasteiger partial charge in [-0.1, -0.05) is 29.8 Å². The summed E-state index contributed by atoms with van der Waals surface area (Å²) in [5.41, 5.74) is 2.78. The molecule has 0 aliphatic rings. The van der Waals surface area contributed by atoms with E-state index in [0.29, 0.717) is 10.6 Å². The Hall–Kier alpha value is -2.10. The largest absolute Gasteiger partial charge is 0.373 e. The molecule has 0 amide bonds. The van der Waals surface area contributed by atoms with Crippen LogP contribution >= 0.6 is 11.6 Å². The molecule has 24 heavy (non-hydrogen) atoms. The monoisotopic (exact) mass is 342 g/mol. The van der Waals surface area contributed by atoms with Gasteiger partial charge >= 0.3 is 0 Å². The molecular weight excluding hydrogens is 320 g/mol. The van der Waals surface area contributed by atoms with Crippen LogP contribution in [0, 0.1) is 0 Å². The molecule has 2 aromatic rings. The SMILES string of the molecule is CN(C)CCN(C)c1cccc(C=CC(=O)c2ccc(Cl)cc2)c1. The summed E-state index contributed by atoms with van der Waals surface area (Å²) in [6, 6.07) is 15.1. The van der Waals surface area contributed by atoms with Crippen molar-refractivity contribution in [2.45, 2.75) is 0 Å². The summed E-state index contributed by atoms with van der Waals surface area (Å²) in [4.78, 5) is 16.5. The van der Waals surface area contributed by atoms with Gasteiger partial charge in [0.05, 0.1) is 0 Å². The second kappa shape index (κ2) is 8.67. The van der Waals surface area contributed by atoms with Crippen LogP contribution in [0.4, 0.5) is 5.69 Å². The normalized spacial score (nSPS) is 11.2. The van der Waals surface area contributed by atoms with E-state index in [1.165, 1.54) is 0 Å². The Kier molecular flexibility index (Phi) is 6.59. The summed E-state index contributed by atoms with van der Waals surface area (Å²) >= 11 is 5.84. The van der Waals surface area contributed by atoms with E-state index in [4.69, 9.17) is 11.6 Å². The number of carbonyl (C=O) groups is 1. The molecule has 0 radical (unpaired) electrons. The van der Waals surface area contributed by atoms with E-state index in [2.05, 4.69) is 43.1 Å². The third-order valence-electron chi connectivity index (χ3n) is 3.75. The number of carbonyl (C=O) groups excluding carboxylic acids is 1. The Morgan fingerprint density at radius 2 is 1.75 bits per heavy atom. The zero-order valence-corrected chi connectivity index (χ0v) is 15.1. The summed E-state index contributed by atoms with van der Waals surface area (Å²) < 4.78 is 0. The topological polar surface area (TPSA) is 23.6 Å². The number of nitrogens with zero attached hydrogens (tertiary/aromatic N) is 2. The van der Waals surface area contributed by atoms with E-state index < -0.39 is 0 Å². The fourth-order valence-electron chi connectivity index (χ4n) is 2.23. The fraction of sp³-hybridized carbons (Fsp3) is 0.250. The van der Waals surface area contributed by atoms with Gasteiger partial charge in [-0.05, 0) is 62.1 Å². The van der Waals surface area contributed by atoms with Crippen molar-refractivity contribution in [2.75, 3.05) is 39.1 Å². The number of halogens is 1. The minimum atomic E-state index is -0.0296. The zero-order valence-electron chi connectivity index (χ0n) is 14.4. The average Bonchev–Trinajstić information content (AvgIpc) is 2.58. The number of hydrogen-bond acceptors (Lipinski definition) is 3. The molecule has 2 rings (SSSR count). The van der Waals surface area contributed by atoms with Crippen molar-refractivity contribution in [1.82, 2.24) is 4.90 Å². The number of hydrogen-bond donors (Lipinski definition) is 0. The zero-order chi connectivity index (χ0) is 17.5. The number of anilines is 1. The first-order valence-corrected chi connectivity index (χ1v) is 8.27. The lowest BCUT2D eigenvalue weighted by Crippen LogP contribution is -2.28. The van der Waals surface area contributed by atoms with Crippen molar-refractivity contribution in [3.05, 3.63) is 70.8 Å². The average molecular weight is 343 g/mol. The second-order valence-electron chi connectivity index (χ2n) is 6.02. The molecule has 0 atom stereocenters. The standard InChI is InChI=1S/C20H23ClN2O/c1-22(2)13-14-23(3)19-6-4-5-16(15-19)7-12-20(24)17-8-10-18(21)11-9-17/h4-12,15H,13-14H2,1-3H3. The van der Waals surface area contributed by atoms with Crippen LogP contribution in [0.1, 0.15) is 15.9 Å². The predicted octanol–water partition coefficient (Wildman–Crippen LogP) is 4.23. The van der Waals surface area contributed by atoms with Gasteiger partial charge in [0.25, 0.3) is 0 Å². The molecule has 0 N–H and O–H groups in total. The maximum absolute atomic E-state index is 12.2. The van der Waals surface area contributed by atoms with Crippen LogP contribution < -0.4 is 4.90 Å². The molecule has 0 aliphatic carbocycles. The lowest BCUT2D eigenvalue weighted by atomic mass is 10.1. The van der Waals surface area contributed by atoms with Crippen LogP contribution in [0.5, 0.6) is 0 Å². The van der Waals surface area contributed by atoms with Crippen LogP contribution in [-0.2, 0) is 0 Å². The molecule has 126 valence electrons. The van der Waals surface area contributed by atoms with Crippen LogP contribution in [0.3, 0.4) is 0 Å². The molecule has 0 aliphatic heterocycles. The minimum absolute atomic E-state index is 0.0296.